The lowest BCUT2D eigenvalue weighted by molar-refractivity contribution is 0.0747. The Kier molecular flexibility index (Phi) is 5.49. The van der Waals surface area contributed by atoms with Crippen molar-refractivity contribution >= 4 is 23.2 Å². The summed E-state index contributed by atoms with van der Waals surface area (Å²) in [5, 5.41) is 0.591. The molecule has 1 saturated heterocycles. The van der Waals surface area contributed by atoms with Crippen molar-refractivity contribution in [2.24, 2.45) is 0 Å². The van der Waals surface area contributed by atoms with Gasteiger partial charge < -0.3 is 14.5 Å². The molecule has 0 radical (unpaired) electrons. The quantitative estimate of drug-likeness (QED) is 0.825. The minimum Gasteiger partial charge on any atom is -0.491 e. The first-order valence-electron chi connectivity index (χ1n) is 8.59. The number of halogens is 1. The van der Waals surface area contributed by atoms with Gasteiger partial charge in [-0.05, 0) is 56.3 Å². The third kappa shape index (κ3) is 4.45. The van der Waals surface area contributed by atoms with E-state index >= 15 is 0 Å². The Morgan fingerprint density at radius 1 is 1.04 bits per heavy atom. The van der Waals surface area contributed by atoms with Crippen LogP contribution in [0.3, 0.4) is 0 Å². The third-order valence-corrected chi connectivity index (χ3v) is 4.45. The van der Waals surface area contributed by atoms with E-state index in [4.69, 9.17) is 16.3 Å². The molecule has 25 heavy (non-hydrogen) atoms. The van der Waals surface area contributed by atoms with E-state index in [1.54, 1.807) is 12.1 Å². The highest BCUT2D eigenvalue weighted by Crippen LogP contribution is 2.22. The topological polar surface area (TPSA) is 32.8 Å². The molecule has 5 heteroatoms. The Balaban J connectivity index is 1.59. The predicted molar refractivity (Wildman–Crippen MR) is 102 cm³/mol. The summed E-state index contributed by atoms with van der Waals surface area (Å²) in [5.41, 5.74) is 1.81. The molecule has 1 amide bonds. The normalized spacial score (nSPS) is 14.7. The highest BCUT2D eigenvalue weighted by atomic mass is 35.5. The molecule has 3 rings (SSSR count). The van der Waals surface area contributed by atoms with Crippen LogP contribution in [-0.2, 0) is 0 Å². The second-order valence-electron chi connectivity index (χ2n) is 6.45. The molecule has 4 nitrogen and oxygen atoms in total. The summed E-state index contributed by atoms with van der Waals surface area (Å²) < 4.78 is 5.68. The summed E-state index contributed by atoms with van der Waals surface area (Å²) in [6.45, 7) is 7.08. The van der Waals surface area contributed by atoms with Gasteiger partial charge in [0, 0.05) is 42.5 Å². The number of hydrogen-bond acceptors (Lipinski definition) is 3. The molecule has 0 unspecified atom stereocenters. The van der Waals surface area contributed by atoms with E-state index in [0.29, 0.717) is 23.7 Å². The van der Waals surface area contributed by atoms with Crippen molar-refractivity contribution in [1.82, 2.24) is 4.90 Å². The number of anilines is 1. The van der Waals surface area contributed by atoms with Crippen LogP contribution in [0.5, 0.6) is 5.75 Å². The molecule has 0 atom stereocenters. The van der Waals surface area contributed by atoms with Crippen molar-refractivity contribution in [2.45, 2.75) is 20.0 Å². The Labute approximate surface area is 154 Å². The highest BCUT2D eigenvalue weighted by molar-refractivity contribution is 6.30. The number of ether oxygens (including phenoxy) is 1. The van der Waals surface area contributed by atoms with E-state index in [-0.39, 0.29) is 12.0 Å². The monoisotopic (exact) mass is 358 g/mol. The lowest BCUT2D eigenvalue weighted by Crippen LogP contribution is -2.48. The molecule has 1 aliphatic rings. The van der Waals surface area contributed by atoms with Crippen LogP contribution in [0, 0.1) is 0 Å². The Morgan fingerprint density at radius 3 is 2.32 bits per heavy atom. The van der Waals surface area contributed by atoms with Crippen LogP contribution in [0.2, 0.25) is 5.02 Å². The van der Waals surface area contributed by atoms with Crippen molar-refractivity contribution < 1.29 is 9.53 Å². The molecule has 0 spiro atoms. The lowest BCUT2D eigenvalue weighted by atomic mass is 10.1. The van der Waals surface area contributed by atoms with E-state index in [9.17, 15) is 4.79 Å². The first-order valence-corrected chi connectivity index (χ1v) is 8.97. The van der Waals surface area contributed by atoms with E-state index in [1.165, 1.54) is 0 Å². The maximum atomic E-state index is 12.6. The first kappa shape index (κ1) is 17.6. The van der Waals surface area contributed by atoms with Gasteiger partial charge in [0.2, 0.25) is 0 Å². The number of nitrogens with zero attached hydrogens (tertiary/aromatic N) is 2. The summed E-state index contributed by atoms with van der Waals surface area (Å²) in [4.78, 5) is 16.8. The standard InChI is InChI=1S/C20H23ClN2O2/c1-15(2)25-19-8-6-18(7-9-19)22-10-12-23(13-11-22)20(24)16-4-3-5-17(21)14-16/h3-9,14-15H,10-13H2,1-2H3. The van der Waals surface area contributed by atoms with Gasteiger partial charge >= 0.3 is 0 Å². The van der Waals surface area contributed by atoms with E-state index in [1.807, 2.05) is 43.0 Å². The molecule has 1 aliphatic heterocycles. The van der Waals surface area contributed by atoms with Crippen LogP contribution in [0.4, 0.5) is 5.69 Å². The van der Waals surface area contributed by atoms with E-state index in [2.05, 4.69) is 17.0 Å². The largest absolute Gasteiger partial charge is 0.491 e. The second-order valence-corrected chi connectivity index (χ2v) is 6.89. The molecule has 132 valence electrons. The average molecular weight is 359 g/mol. The van der Waals surface area contributed by atoms with Gasteiger partial charge in [0.05, 0.1) is 6.10 Å². The van der Waals surface area contributed by atoms with Gasteiger partial charge in [-0.25, -0.2) is 0 Å². The fourth-order valence-electron chi connectivity index (χ4n) is 2.98. The number of rotatable bonds is 4. The molecule has 0 N–H and O–H groups in total. The van der Waals surface area contributed by atoms with Crippen molar-refractivity contribution in [3.05, 3.63) is 59.1 Å². The zero-order valence-corrected chi connectivity index (χ0v) is 15.4. The summed E-state index contributed by atoms with van der Waals surface area (Å²) >= 11 is 5.99. The van der Waals surface area contributed by atoms with Gasteiger partial charge in [-0.3, -0.25) is 4.79 Å². The Bertz CT molecular complexity index is 723. The van der Waals surface area contributed by atoms with Crippen molar-refractivity contribution in [3.8, 4) is 5.75 Å². The number of carbonyl (C=O) groups excluding carboxylic acids is 1. The summed E-state index contributed by atoms with van der Waals surface area (Å²) in [6.07, 6.45) is 0.173. The summed E-state index contributed by atoms with van der Waals surface area (Å²) in [5.74, 6) is 0.927. The van der Waals surface area contributed by atoms with Crippen molar-refractivity contribution in [3.63, 3.8) is 0 Å². The van der Waals surface area contributed by atoms with Gasteiger partial charge in [0.15, 0.2) is 0 Å². The maximum Gasteiger partial charge on any atom is 0.254 e. The van der Waals surface area contributed by atoms with Crippen molar-refractivity contribution in [2.75, 3.05) is 31.1 Å². The molecular weight excluding hydrogens is 336 g/mol. The predicted octanol–water partition coefficient (Wildman–Crippen LogP) is 4.09. The molecule has 0 bridgehead atoms. The zero-order valence-electron chi connectivity index (χ0n) is 14.6. The molecule has 1 heterocycles. The van der Waals surface area contributed by atoms with Crippen LogP contribution >= 0.6 is 11.6 Å². The number of benzene rings is 2. The number of piperazine rings is 1. The molecular formula is C20H23ClN2O2. The van der Waals surface area contributed by atoms with Crippen LogP contribution in [-0.4, -0.2) is 43.1 Å². The van der Waals surface area contributed by atoms with Gasteiger partial charge in [-0.1, -0.05) is 17.7 Å². The molecule has 2 aromatic carbocycles. The van der Waals surface area contributed by atoms with Crippen molar-refractivity contribution in [1.29, 1.82) is 0 Å². The minimum atomic E-state index is 0.0443. The Morgan fingerprint density at radius 2 is 1.72 bits per heavy atom. The fraction of sp³-hybridized carbons (Fsp3) is 0.350. The average Bonchev–Trinajstić information content (AvgIpc) is 2.61. The first-order chi connectivity index (χ1) is 12.0. The SMILES string of the molecule is CC(C)Oc1ccc(N2CCN(C(=O)c3cccc(Cl)c3)CC2)cc1. The summed E-state index contributed by atoms with van der Waals surface area (Å²) in [6, 6.07) is 15.3. The van der Waals surface area contributed by atoms with E-state index in [0.717, 1.165) is 24.5 Å². The third-order valence-electron chi connectivity index (χ3n) is 4.21. The maximum absolute atomic E-state index is 12.6. The molecule has 2 aromatic rings. The molecule has 1 fully saturated rings. The zero-order chi connectivity index (χ0) is 17.8. The highest BCUT2D eigenvalue weighted by Gasteiger charge is 2.22. The van der Waals surface area contributed by atoms with Crippen LogP contribution in [0.1, 0.15) is 24.2 Å². The molecule has 0 saturated carbocycles. The van der Waals surface area contributed by atoms with Gasteiger partial charge in [-0.2, -0.15) is 0 Å². The Hall–Kier alpha value is -2.20. The lowest BCUT2D eigenvalue weighted by Gasteiger charge is -2.36. The second kappa shape index (κ2) is 7.79. The van der Waals surface area contributed by atoms with E-state index < -0.39 is 0 Å². The van der Waals surface area contributed by atoms with Crippen LogP contribution in [0.25, 0.3) is 0 Å². The number of amides is 1. The number of carbonyl (C=O) groups is 1. The number of hydrogen-bond donors (Lipinski definition) is 0. The van der Waals surface area contributed by atoms with Crippen LogP contribution in [0.15, 0.2) is 48.5 Å². The van der Waals surface area contributed by atoms with Gasteiger partial charge in [-0.15, -0.1) is 0 Å². The smallest absolute Gasteiger partial charge is 0.254 e. The van der Waals surface area contributed by atoms with Gasteiger partial charge in [0.25, 0.3) is 5.91 Å². The van der Waals surface area contributed by atoms with Crippen LogP contribution < -0.4 is 9.64 Å². The fourth-order valence-corrected chi connectivity index (χ4v) is 3.17. The minimum absolute atomic E-state index is 0.0443. The summed E-state index contributed by atoms with van der Waals surface area (Å²) in [7, 11) is 0. The van der Waals surface area contributed by atoms with Gasteiger partial charge in [0.1, 0.15) is 5.75 Å². The molecule has 0 aromatic heterocycles. The molecule has 0 aliphatic carbocycles.